The van der Waals surface area contributed by atoms with Gasteiger partial charge in [0.25, 0.3) is 0 Å². The van der Waals surface area contributed by atoms with E-state index in [1.165, 1.54) is 0 Å². The summed E-state index contributed by atoms with van der Waals surface area (Å²) in [5.74, 6) is -1.23. The van der Waals surface area contributed by atoms with Crippen molar-refractivity contribution in [3.63, 3.8) is 0 Å². The van der Waals surface area contributed by atoms with Gasteiger partial charge >= 0.3 is 0 Å². The highest BCUT2D eigenvalue weighted by atomic mass is 32.2. The molecule has 0 saturated carbocycles. The number of hydrogen-bond donors (Lipinski definition) is 1. The predicted octanol–water partition coefficient (Wildman–Crippen LogP) is 2.91. The predicted molar refractivity (Wildman–Crippen MR) is 60.2 cm³/mol. The largest absolute Gasteiger partial charge is 0.366 e. The molecule has 0 bridgehead atoms. The molecule has 0 saturated heterocycles. The van der Waals surface area contributed by atoms with Gasteiger partial charge < -0.3 is 5.32 Å². The Morgan fingerprint density at radius 2 is 2.13 bits per heavy atom. The van der Waals surface area contributed by atoms with Crippen molar-refractivity contribution in [2.24, 2.45) is 0 Å². The quantitative estimate of drug-likeness (QED) is 0.864. The molecule has 1 rings (SSSR count). The maximum atomic E-state index is 13.2. The van der Waals surface area contributed by atoms with Gasteiger partial charge in [-0.2, -0.15) is 11.8 Å². The van der Waals surface area contributed by atoms with Gasteiger partial charge in [-0.3, -0.25) is 0 Å². The molecule has 0 aliphatic heterocycles. The normalized spacial score (nSPS) is 11.5. The van der Waals surface area contributed by atoms with Crippen molar-refractivity contribution < 1.29 is 8.78 Å². The molecule has 0 spiro atoms. The molecule has 2 nitrogen and oxygen atoms in total. The highest BCUT2D eigenvalue weighted by Crippen LogP contribution is 2.22. The zero-order chi connectivity index (χ0) is 11.5. The fourth-order valence-corrected chi connectivity index (χ4v) is 1.13. The molecule has 84 valence electrons. The third-order valence-electron chi connectivity index (χ3n) is 2.04. The van der Waals surface area contributed by atoms with Gasteiger partial charge in [-0.25, -0.2) is 13.8 Å². The van der Waals surface area contributed by atoms with Gasteiger partial charge in [0.2, 0.25) is 0 Å². The van der Waals surface area contributed by atoms with Gasteiger partial charge in [0.1, 0.15) is 5.82 Å². The number of hydrogen-bond acceptors (Lipinski definition) is 3. The summed E-state index contributed by atoms with van der Waals surface area (Å²) >= 11 is 1.67. The average Bonchev–Trinajstić information content (AvgIpc) is 2.16. The lowest BCUT2D eigenvalue weighted by Gasteiger charge is -2.22. The molecule has 0 aliphatic carbocycles. The Bertz CT molecular complexity index is 342. The van der Waals surface area contributed by atoms with Gasteiger partial charge in [0.15, 0.2) is 11.6 Å². The monoisotopic (exact) mass is 232 g/mol. The number of halogens is 2. The van der Waals surface area contributed by atoms with E-state index in [0.29, 0.717) is 6.54 Å². The van der Waals surface area contributed by atoms with Gasteiger partial charge in [-0.1, -0.05) is 0 Å². The van der Waals surface area contributed by atoms with Crippen molar-refractivity contribution >= 4 is 17.6 Å². The minimum Gasteiger partial charge on any atom is -0.366 e. The summed E-state index contributed by atoms with van der Waals surface area (Å²) in [6, 6.07) is 0.821. The van der Waals surface area contributed by atoms with E-state index in [9.17, 15) is 8.78 Å². The molecule has 0 aliphatic rings. The number of aromatic nitrogens is 1. The first-order chi connectivity index (χ1) is 6.94. The summed E-state index contributed by atoms with van der Waals surface area (Å²) in [5, 5.41) is 2.86. The van der Waals surface area contributed by atoms with Gasteiger partial charge in [0.05, 0.1) is 6.20 Å². The SMILES string of the molecule is CSC(C)(C)CNc1ncc(F)cc1F. The van der Waals surface area contributed by atoms with Gasteiger partial charge in [-0.15, -0.1) is 0 Å². The molecule has 0 unspecified atom stereocenters. The van der Waals surface area contributed by atoms with Crippen molar-refractivity contribution in [2.75, 3.05) is 18.1 Å². The fraction of sp³-hybridized carbons (Fsp3) is 0.500. The van der Waals surface area contributed by atoms with Gasteiger partial charge in [-0.05, 0) is 20.1 Å². The Morgan fingerprint density at radius 3 is 2.67 bits per heavy atom. The molecule has 5 heteroatoms. The Kier molecular flexibility index (Phi) is 3.90. The van der Waals surface area contributed by atoms with Crippen molar-refractivity contribution in [1.29, 1.82) is 0 Å². The second-order valence-corrected chi connectivity index (χ2v) is 5.31. The Labute approximate surface area is 92.5 Å². The lowest BCUT2D eigenvalue weighted by molar-refractivity contribution is 0.574. The Morgan fingerprint density at radius 1 is 1.47 bits per heavy atom. The van der Waals surface area contributed by atoms with Crippen LogP contribution >= 0.6 is 11.8 Å². The van der Waals surface area contributed by atoms with Crippen LogP contribution in [0.25, 0.3) is 0 Å². The molecule has 0 amide bonds. The van der Waals surface area contributed by atoms with Crippen LogP contribution < -0.4 is 5.32 Å². The first kappa shape index (κ1) is 12.2. The number of rotatable bonds is 4. The third kappa shape index (κ3) is 3.66. The molecule has 1 N–H and O–H groups in total. The van der Waals surface area contributed by atoms with E-state index in [1.807, 2.05) is 20.1 Å². The Balaban J connectivity index is 2.66. The molecular formula is C10H14F2N2S. The summed E-state index contributed by atoms with van der Waals surface area (Å²) in [6.07, 6.45) is 2.98. The summed E-state index contributed by atoms with van der Waals surface area (Å²) in [6.45, 7) is 4.64. The molecule has 1 heterocycles. The van der Waals surface area contributed by atoms with Crippen LogP contribution in [0.2, 0.25) is 0 Å². The number of pyridine rings is 1. The average molecular weight is 232 g/mol. The maximum Gasteiger partial charge on any atom is 0.168 e. The van der Waals surface area contributed by atoms with E-state index in [4.69, 9.17) is 0 Å². The molecular weight excluding hydrogens is 218 g/mol. The molecule has 0 atom stereocenters. The lowest BCUT2D eigenvalue weighted by Crippen LogP contribution is -2.26. The topological polar surface area (TPSA) is 24.9 Å². The van der Waals surface area contributed by atoms with E-state index in [2.05, 4.69) is 10.3 Å². The fourth-order valence-electron chi connectivity index (χ4n) is 0.913. The highest BCUT2D eigenvalue weighted by molar-refractivity contribution is 7.99. The third-order valence-corrected chi connectivity index (χ3v) is 3.29. The number of thioether (sulfide) groups is 1. The lowest BCUT2D eigenvalue weighted by atomic mass is 10.2. The smallest absolute Gasteiger partial charge is 0.168 e. The number of nitrogens with one attached hydrogen (secondary N) is 1. The summed E-state index contributed by atoms with van der Waals surface area (Å²) in [5.41, 5.74) is 0. The van der Waals surface area contributed by atoms with Crippen LogP contribution in [-0.2, 0) is 0 Å². The van der Waals surface area contributed by atoms with Gasteiger partial charge in [0, 0.05) is 17.4 Å². The number of anilines is 1. The van der Waals surface area contributed by atoms with E-state index in [0.717, 1.165) is 12.3 Å². The maximum absolute atomic E-state index is 13.2. The summed E-state index contributed by atoms with van der Waals surface area (Å²) in [7, 11) is 0. The zero-order valence-corrected chi connectivity index (χ0v) is 9.79. The highest BCUT2D eigenvalue weighted by Gasteiger charge is 2.16. The molecule has 1 aromatic heterocycles. The van der Waals surface area contributed by atoms with Crippen molar-refractivity contribution in [3.05, 3.63) is 23.9 Å². The van der Waals surface area contributed by atoms with E-state index < -0.39 is 11.6 Å². The second-order valence-electron chi connectivity index (χ2n) is 3.80. The van der Waals surface area contributed by atoms with Crippen LogP contribution in [0.15, 0.2) is 12.3 Å². The minimum atomic E-state index is -0.665. The van der Waals surface area contributed by atoms with E-state index >= 15 is 0 Å². The standard InChI is InChI=1S/C10H14F2N2S/c1-10(2,15-3)6-14-9-8(12)4-7(11)5-13-9/h4-5H,6H2,1-3H3,(H,13,14). The van der Waals surface area contributed by atoms with Crippen LogP contribution in [-0.4, -0.2) is 22.5 Å². The molecule has 15 heavy (non-hydrogen) atoms. The van der Waals surface area contributed by atoms with Crippen molar-refractivity contribution in [2.45, 2.75) is 18.6 Å². The minimum absolute atomic E-state index is 0.0114. The van der Waals surface area contributed by atoms with Crippen molar-refractivity contribution in [1.82, 2.24) is 4.98 Å². The second kappa shape index (κ2) is 4.79. The first-order valence-electron chi connectivity index (χ1n) is 4.55. The summed E-state index contributed by atoms with van der Waals surface area (Å²) in [4.78, 5) is 3.64. The molecule has 0 fully saturated rings. The first-order valence-corrected chi connectivity index (χ1v) is 5.77. The number of nitrogens with zero attached hydrogens (tertiary/aromatic N) is 1. The van der Waals surface area contributed by atoms with Crippen LogP contribution in [0.4, 0.5) is 14.6 Å². The van der Waals surface area contributed by atoms with Crippen LogP contribution in [0.1, 0.15) is 13.8 Å². The van der Waals surface area contributed by atoms with Crippen LogP contribution in [0.3, 0.4) is 0 Å². The van der Waals surface area contributed by atoms with Crippen LogP contribution in [0.5, 0.6) is 0 Å². The van der Waals surface area contributed by atoms with E-state index in [-0.39, 0.29) is 10.6 Å². The molecule has 0 aromatic carbocycles. The molecule has 1 aromatic rings. The molecule has 0 radical (unpaired) electrons. The summed E-state index contributed by atoms with van der Waals surface area (Å²) < 4.78 is 25.7. The zero-order valence-electron chi connectivity index (χ0n) is 8.97. The van der Waals surface area contributed by atoms with E-state index in [1.54, 1.807) is 11.8 Å². The van der Waals surface area contributed by atoms with Crippen LogP contribution in [0, 0.1) is 11.6 Å². The van der Waals surface area contributed by atoms with Crippen molar-refractivity contribution in [3.8, 4) is 0 Å². The Hall–Kier alpha value is -0.840.